The van der Waals surface area contributed by atoms with E-state index in [1.165, 1.54) is 4.90 Å². The SMILES string of the molecule is CN(C)/C=C1\C(=O)COCCN1C(=O)OC(C)(C)C. The minimum absolute atomic E-state index is 0.0149. The van der Waals surface area contributed by atoms with Crippen LogP contribution in [0.1, 0.15) is 20.8 Å². The van der Waals surface area contributed by atoms with E-state index in [0.29, 0.717) is 18.8 Å². The Labute approximate surface area is 113 Å². The third-order valence-electron chi connectivity index (χ3n) is 2.26. The van der Waals surface area contributed by atoms with E-state index in [4.69, 9.17) is 9.47 Å². The summed E-state index contributed by atoms with van der Waals surface area (Å²) in [5.41, 5.74) is -0.298. The lowest BCUT2D eigenvalue weighted by molar-refractivity contribution is -0.119. The Hall–Kier alpha value is -1.56. The molecule has 0 spiro atoms. The van der Waals surface area contributed by atoms with Gasteiger partial charge in [-0.2, -0.15) is 0 Å². The number of hydrogen-bond donors (Lipinski definition) is 0. The van der Waals surface area contributed by atoms with Crippen molar-refractivity contribution in [3.05, 3.63) is 11.9 Å². The Morgan fingerprint density at radius 3 is 2.58 bits per heavy atom. The fourth-order valence-corrected chi connectivity index (χ4v) is 1.56. The Morgan fingerprint density at radius 1 is 1.42 bits per heavy atom. The molecule has 0 aromatic carbocycles. The summed E-state index contributed by atoms with van der Waals surface area (Å²) in [4.78, 5) is 27.2. The molecule has 1 fully saturated rings. The predicted octanol–water partition coefficient (Wildman–Crippen LogP) is 1.23. The van der Waals surface area contributed by atoms with Gasteiger partial charge in [0.25, 0.3) is 0 Å². The van der Waals surface area contributed by atoms with Gasteiger partial charge in [0.15, 0.2) is 0 Å². The number of carbonyl (C=O) groups excluding carboxylic acids is 2. The minimum Gasteiger partial charge on any atom is -0.443 e. The monoisotopic (exact) mass is 270 g/mol. The van der Waals surface area contributed by atoms with Crippen LogP contribution in [0.4, 0.5) is 4.79 Å². The van der Waals surface area contributed by atoms with Gasteiger partial charge >= 0.3 is 6.09 Å². The average molecular weight is 270 g/mol. The van der Waals surface area contributed by atoms with Crippen LogP contribution in [0.2, 0.25) is 0 Å². The fourth-order valence-electron chi connectivity index (χ4n) is 1.56. The summed E-state index contributed by atoms with van der Waals surface area (Å²) in [7, 11) is 3.58. The third kappa shape index (κ3) is 4.90. The van der Waals surface area contributed by atoms with Gasteiger partial charge < -0.3 is 14.4 Å². The number of Topliss-reactive ketones (excluding diaryl/α,β-unsaturated/α-hetero) is 1. The van der Waals surface area contributed by atoms with Crippen LogP contribution in [-0.4, -0.2) is 61.1 Å². The Balaban J connectivity index is 2.98. The number of rotatable bonds is 1. The van der Waals surface area contributed by atoms with Crippen molar-refractivity contribution in [2.24, 2.45) is 0 Å². The minimum atomic E-state index is -0.601. The van der Waals surface area contributed by atoms with Crippen molar-refractivity contribution in [1.29, 1.82) is 0 Å². The van der Waals surface area contributed by atoms with Crippen LogP contribution >= 0.6 is 0 Å². The number of nitrogens with zero attached hydrogens (tertiary/aromatic N) is 2. The van der Waals surface area contributed by atoms with Crippen molar-refractivity contribution in [3.8, 4) is 0 Å². The molecular weight excluding hydrogens is 248 g/mol. The molecule has 1 amide bonds. The zero-order chi connectivity index (χ0) is 14.6. The molecule has 0 aliphatic carbocycles. The second-order valence-electron chi connectivity index (χ2n) is 5.59. The largest absolute Gasteiger partial charge is 0.443 e. The van der Waals surface area contributed by atoms with Crippen LogP contribution in [0.5, 0.6) is 0 Å². The number of carbonyl (C=O) groups is 2. The van der Waals surface area contributed by atoms with Crippen LogP contribution in [0.3, 0.4) is 0 Å². The lowest BCUT2D eigenvalue weighted by Gasteiger charge is -2.27. The van der Waals surface area contributed by atoms with Gasteiger partial charge in [0.1, 0.15) is 17.9 Å². The standard InChI is InChI=1S/C13H22N2O4/c1-13(2,3)19-12(17)15-6-7-18-9-11(16)10(15)8-14(4)5/h8H,6-7,9H2,1-5H3/b10-8+. The number of ether oxygens (including phenoxy) is 2. The van der Waals surface area contributed by atoms with E-state index in [2.05, 4.69) is 0 Å². The number of hydrogen-bond acceptors (Lipinski definition) is 5. The smallest absolute Gasteiger partial charge is 0.415 e. The first kappa shape index (κ1) is 15.5. The number of ketones is 1. The second-order valence-corrected chi connectivity index (χ2v) is 5.59. The molecule has 108 valence electrons. The number of amides is 1. The van der Waals surface area contributed by atoms with Gasteiger partial charge in [-0.3, -0.25) is 9.69 Å². The lowest BCUT2D eigenvalue weighted by atomic mass is 10.2. The molecule has 1 aliphatic heterocycles. The summed E-state index contributed by atoms with van der Waals surface area (Å²) in [6, 6.07) is 0. The van der Waals surface area contributed by atoms with E-state index < -0.39 is 11.7 Å². The normalized spacial score (nSPS) is 19.3. The van der Waals surface area contributed by atoms with Crippen molar-refractivity contribution in [2.75, 3.05) is 33.9 Å². The maximum atomic E-state index is 12.1. The highest BCUT2D eigenvalue weighted by Crippen LogP contribution is 2.16. The highest BCUT2D eigenvalue weighted by Gasteiger charge is 2.30. The molecule has 0 aromatic rings. The molecule has 0 radical (unpaired) electrons. The quantitative estimate of drug-likeness (QED) is 0.671. The first-order valence-corrected chi connectivity index (χ1v) is 6.20. The van der Waals surface area contributed by atoms with E-state index in [0.717, 1.165) is 0 Å². The molecule has 0 saturated carbocycles. The highest BCUT2D eigenvalue weighted by molar-refractivity contribution is 5.99. The summed E-state index contributed by atoms with van der Waals surface area (Å²) in [5, 5.41) is 0. The topological polar surface area (TPSA) is 59.1 Å². The van der Waals surface area contributed by atoms with Crippen LogP contribution in [0.15, 0.2) is 11.9 Å². The molecule has 0 atom stereocenters. The maximum absolute atomic E-state index is 12.1. The van der Waals surface area contributed by atoms with Crippen LogP contribution in [0.25, 0.3) is 0 Å². The van der Waals surface area contributed by atoms with E-state index in [9.17, 15) is 9.59 Å². The van der Waals surface area contributed by atoms with E-state index >= 15 is 0 Å². The molecule has 1 rings (SSSR count). The summed E-state index contributed by atoms with van der Waals surface area (Å²) in [6.07, 6.45) is 1.08. The first-order valence-electron chi connectivity index (χ1n) is 6.20. The van der Waals surface area contributed by atoms with Gasteiger partial charge in [-0.05, 0) is 20.8 Å². The van der Waals surface area contributed by atoms with Crippen LogP contribution in [0, 0.1) is 0 Å². The predicted molar refractivity (Wildman–Crippen MR) is 70.5 cm³/mol. The van der Waals surface area contributed by atoms with E-state index in [-0.39, 0.29) is 12.4 Å². The van der Waals surface area contributed by atoms with E-state index in [1.807, 2.05) is 0 Å². The van der Waals surface area contributed by atoms with Gasteiger partial charge in [0.05, 0.1) is 13.2 Å². The third-order valence-corrected chi connectivity index (χ3v) is 2.26. The van der Waals surface area contributed by atoms with Crippen LogP contribution < -0.4 is 0 Å². The maximum Gasteiger partial charge on any atom is 0.415 e. The summed E-state index contributed by atoms with van der Waals surface area (Å²) < 4.78 is 10.5. The molecule has 1 heterocycles. The second kappa shape index (κ2) is 6.06. The molecule has 6 nitrogen and oxygen atoms in total. The van der Waals surface area contributed by atoms with Gasteiger partial charge in [-0.25, -0.2) is 4.79 Å². The van der Waals surface area contributed by atoms with Crippen molar-refractivity contribution in [2.45, 2.75) is 26.4 Å². The molecule has 1 aliphatic rings. The fraction of sp³-hybridized carbons (Fsp3) is 0.692. The van der Waals surface area contributed by atoms with Crippen molar-refractivity contribution >= 4 is 11.9 Å². The Kier molecular flexibility index (Phi) is 4.94. The summed E-state index contributed by atoms with van der Waals surface area (Å²) in [6.45, 7) is 5.97. The van der Waals surface area contributed by atoms with Gasteiger partial charge in [0, 0.05) is 20.3 Å². The van der Waals surface area contributed by atoms with Crippen molar-refractivity contribution in [3.63, 3.8) is 0 Å². The molecule has 0 bridgehead atoms. The Bertz CT molecular complexity index is 383. The summed E-state index contributed by atoms with van der Waals surface area (Å²) in [5.74, 6) is -0.225. The van der Waals surface area contributed by atoms with Gasteiger partial charge in [-0.1, -0.05) is 0 Å². The summed E-state index contributed by atoms with van der Waals surface area (Å²) >= 11 is 0. The zero-order valence-corrected chi connectivity index (χ0v) is 12.2. The molecular formula is C13H22N2O4. The zero-order valence-electron chi connectivity index (χ0n) is 12.2. The molecule has 0 unspecified atom stereocenters. The van der Waals surface area contributed by atoms with Crippen molar-refractivity contribution in [1.82, 2.24) is 9.80 Å². The van der Waals surface area contributed by atoms with Crippen molar-refractivity contribution < 1.29 is 19.1 Å². The molecule has 6 heteroatoms. The highest BCUT2D eigenvalue weighted by atomic mass is 16.6. The van der Waals surface area contributed by atoms with Gasteiger partial charge in [0.2, 0.25) is 5.78 Å². The van der Waals surface area contributed by atoms with Crippen LogP contribution in [-0.2, 0) is 14.3 Å². The molecule has 0 N–H and O–H groups in total. The molecule has 19 heavy (non-hydrogen) atoms. The molecule has 0 aromatic heterocycles. The first-order chi connectivity index (χ1) is 8.70. The Morgan fingerprint density at radius 2 is 2.05 bits per heavy atom. The van der Waals surface area contributed by atoms with E-state index in [1.54, 1.807) is 46.0 Å². The van der Waals surface area contributed by atoms with Gasteiger partial charge in [-0.15, -0.1) is 0 Å². The molecule has 1 saturated heterocycles. The average Bonchev–Trinajstić information content (AvgIpc) is 2.39. The lowest BCUT2D eigenvalue weighted by Crippen LogP contribution is -2.39.